The molecule has 148 valence electrons. The topological polar surface area (TPSA) is 73.8 Å². The number of hydrogen-bond donors (Lipinski definition) is 2. The lowest BCUT2D eigenvalue weighted by atomic mass is 9.85. The Morgan fingerprint density at radius 1 is 1.15 bits per heavy atom. The van der Waals surface area contributed by atoms with Crippen molar-refractivity contribution in [2.24, 2.45) is 4.99 Å². The highest BCUT2D eigenvalue weighted by molar-refractivity contribution is 14.0. The van der Waals surface area contributed by atoms with Crippen molar-refractivity contribution in [1.82, 2.24) is 15.5 Å². The van der Waals surface area contributed by atoms with E-state index >= 15 is 0 Å². The Hall–Kier alpha value is -0.870. The standard InChI is InChI=1S/C18H30N4O2S.HI/c1-18(2,16-7-5-4-6-8-16)15-21-17(19-3)20-9-10-22-11-13-25(23,24)14-12-22;/h4-8H,9-15H2,1-3H3,(H2,19,20,21);1H. The molecule has 6 nitrogen and oxygen atoms in total. The highest BCUT2D eigenvalue weighted by Gasteiger charge is 2.22. The van der Waals surface area contributed by atoms with Crippen molar-refractivity contribution in [2.45, 2.75) is 19.3 Å². The lowest BCUT2D eigenvalue weighted by Gasteiger charge is -2.28. The van der Waals surface area contributed by atoms with Gasteiger partial charge in [-0.3, -0.25) is 9.89 Å². The Labute approximate surface area is 174 Å². The minimum absolute atomic E-state index is 0. The molecule has 1 aromatic carbocycles. The summed E-state index contributed by atoms with van der Waals surface area (Å²) in [5.74, 6) is 1.31. The smallest absolute Gasteiger partial charge is 0.191 e. The summed E-state index contributed by atoms with van der Waals surface area (Å²) in [6, 6.07) is 10.4. The van der Waals surface area contributed by atoms with Crippen molar-refractivity contribution in [3.8, 4) is 0 Å². The zero-order chi connectivity index (χ0) is 18.3. The average Bonchev–Trinajstić information content (AvgIpc) is 2.60. The lowest BCUT2D eigenvalue weighted by Crippen LogP contribution is -2.47. The molecule has 0 bridgehead atoms. The third-order valence-electron chi connectivity index (χ3n) is 4.63. The fourth-order valence-electron chi connectivity index (χ4n) is 2.82. The maximum Gasteiger partial charge on any atom is 0.191 e. The summed E-state index contributed by atoms with van der Waals surface area (Å²) < 4.78 is 22.9. The van der Waals surface area contributed by atoms with Gasteiger partial charge in [-0.05, 0) is 5.56 Å². The van der Waals surface area contributed by atoms with Gasteiger partial charge in [-0.15, -0.1) is 24.0 Å². The second-order valence-corrected chi connectivity index (χ2v) is 9.40. The first kappa shape index (κ1) is 23.2. The van der Waals surface area contributed by atoms with Crippen LogP contribution in [0.1, 0.15) is 19.4 Å². The van der Waals surface area contributed by atoms with Gasteiger partial charge in [-0.1, -0.05) is 44.2 Å². The number of hydrogen-bond acceptors (Lipinski definition) is 4. The zero-order valence-electron chi connectivity index (χ0n) is 15.9. The summed E-state index contributed by atoms with van der Waals surface area (Å²) in [6.07, 6.45) is 0. The average molecular weight is 494 g/mol. The summed E-state index contributed by atoms with van der Waals surface area (Å²) in [6.45, 7) is 7.99. The van der Waals surface area contributed by atoms with Crippen molar-refractivity contribution < 1.29 is 8.42 Å². The van der Waals surface area contributed by atoms with Gasteiger partial charge in [0.05, 0.1) is 11.5 Å². The molecule has 8 heteroatoms. The summed E-state index contributed by atoms with van der Waals surface area (Å²) in [5, 5.41) is 6.69. The Morgan fingerprint density at radius 3 is 2.35 bits per heavy atom. The first-order chi connectivity index (χ1) is 11.8. The Morgan fingerprint density at radius 2 is 1.77 bits per heavy atom. The van der Waals surface area contributed by atoms with Gasteiger partial charge < -0.3 is 10.6 Å². The molecule has 0 unspecified atom stereocenters. The van der Waals surface area contributed by atoms with Crippen LogP contribution in [-0.4, -0.2) is 70.6 Å². The molecule has 1 saturated heterocycles. The SMILES string of the molecule is CN=C(NCCN1CCS(=O)(=O)CC1)NCC(C)(C)c1ccccc1.I. The molecule has 1 fully saturated rings. The predicted octanol–water partition coefficient (Wildman–Crippen LogP) is 1.48. The first-order valence-corrected chi connectivity index (χ1v) is 10.6. The largest absolute Gasteiger partial charge is 0.356 e. The van der Waals surface area contributed by atoms with E-state index in [9.17, 15) is 8.42 Å². The fraction of sp³-hybridized carbons (Fsp3) is 0.611. The molecule has 0 aliphatic carbocycles. The van der Waals surface area contributed by atoms with Gasteiger partial charge in [0, 0.05) is 45.2 Å². The van der Waals surface area contributed by atoms with E-state index in [0.717, 1.165) is 25.6 Å². The molecule has 0 amide bonds. The van der Waals surface area contributed by atoms with E-state index in [0.29, 0.717) is 13.1 Å². The molecule has 2 N–H and O–H groups in total. The van der Waals surface area contributed by atoms with Crippen molar-refractivity contribution in [1.29, 1.82) is 0 Å². The molecule has 0 saturated carbocycles. The molecular formula is C18H31IN4O2S. The number of nitrogens with zero attached hydrogens (tertiary/aromatic N) is 2. The van der Waals surface area contributed by atoms with E-state index in [1.54, 1.807) is 7.05 Å². The molecule has 1 aliphatic heterocycles. The van der Waals surface area contributed by atoms with E-state index in [1.807, 2.05) is 6.07 Å². The summed E-state index contributed by atoms with van der Waals surface area (Å²) in [7, 11) is -1.05. The summed E-state index contributed by atoms with van der Waals surface area (Å²) in [5.41, 5.74) is 1.28. The van der Waals surface area contributed by atoms with Crippen molar-refractivity contribution in [2.75, 3.05) is 51.3 Å². The lowest BCUT2D eigenvalue weighted by molar-refractivity contribution is 0.299. The fourth-order valence-corrected chi connectivity index (χ4v) is 4.10. The van der Waals surface area contributed by atoms with Gasteiger partial charge >= 0.3 is 0 Å². The molecule has 0 spiro atoms. The van der Waals surface area contributed by atoms with E-state index in [4.69, 9.17) is 0 Å². The van der Waals surface area contributed by atoms with E-state index in [-0.39, 0.29) is 40.9 Å². The summed E-state index contributed by atoms with van der Waals surface area (Å²) >= 11 is 0. The molecule has 0 radical (unpaired) electrons. The maximum atomic E-state index is 11.4. The highest BCUT2D eigenvalue weighted by Crippen LogP contribution is 2.21. The zero-order valence-corrected chi connectivity index (χ0v) is 19.0. The molecule has 2 rings (SSSR count). The predicted molar refractivity (Wildman–Crippen MR) is 119 cm³/mol. The number of benzene rings is 1. The Balaban J connectivity index is 0.00000338. The van der Waals surface area contributed by atoms with Crippen LogP contribution in [0.4, 0.5) is 0 Å². The molecule has 0 aromatic heterocycles. The Kier molecular flexibility index (Phi) is 9.32. The van der Waals surface area contributed by atoms with E-state index < -0.39 is 9.84 Å². The number of guanidine groups is 1. The second kappa shape index (κ2) is 10.5. The van der Waals surface area contributed by atoms with Gasteiger partial charge in [0.15, 0.2) is 15.8 Å². The van der Waals surface area contributed by atoms with Crippen molar-refractivity contribution in [3.05, 3.63) is 35.9 Å². The first-order valence-electron chi connectivity index (χ1n) is 8.75. The van der Waals surface area contributed by atoms with Crippen LogP contribution in [0.25, 0.3) is 0 Å². The van der Waals surface area contributed by atoms with E-state index in [1.165, 1.54) is 5.56 Å². The second-order valence-electron chi connectivity index (χ2n) is 7.10. The van der Waals surface area contributed by atoms with Crippen LogP contribution in [0.2, 0.25) is 0 Å². The van der Waals surface area contributed by atoms with Crippen LogP contribution in [0.5, 0.6) is 0 Å². The number of nitrogens with one attached hydrogen (secondary N) is 2. The van der Waals surface area contributed by atoms with Gasteiger partial charge in [0.2, 0.25) is 0 Å². The van der Waals surface area contributed by atoms with Crippen LogP contribution in [-0.2, 0) is 15.3 Å². The Bertz CT molecular complexity index is 664. The molecule has 1 aromatic rings. The maximum absolute atomic E-state index is 11.4. The van der Waals surface area contributed by atoms with Crippen molar-refractivity contribution >= 4 is 39.8 Å². The third kappa shape index (κ3) is 7.40. The van der Waals surface area contributed by atoms with Crippen molar-refractivity contribution in [3.63, 3.8) is 0 Å². The minimum Gasteiger partial charge on any atom is -0.356 e. The molecular weight excluding hydrogens is 463 g/mol. The van der Waals surface area contributed by atoms with Crippen LogP contribution in [0.15, 0.2) is 35.3 Å². The normalized spacial score (nSPS) is 18.0. The summed E-state index contributed by atoms with van der Waals surface area (Å²) in [4.78, 5) is 6.45. The molecule has 0 atom stereocenters. The quantitative estimate of drug-likeness (QED) is 0.356. The monoisotopic (exact) mass is 494 g/mol. The van der Waals surface area contributed by atoms with Gasteiger partial charge in [-0.25, -0.2) is 8.42 Å². The third-order valence-corrected chi connectivity index (χ3v) is 6.24. The van der Waals surface area contributed by atoms with Gasteiger partial charge in [-0.2, -0.15) is 0 Å². The highest BCUT2D eigenvalue weighted by atomic mass is 127. The minimum atomic E-state index is -2.81. The number of aliphatic imine (C=N–C) groups is 1. The number of sulfone groups is 1. The molecule has 1 aliphatic rings. The van der Waals surface area contributed by atoms with Crippen LogP contribution < -0.4 is 10.6 Å². The molecule has 26 heavy (non-hydrogen) atoms. The van der Waals surface area contributed by atoms with Gasteiger partial charge in [0.1, 0.15) is 0 Å². The van der Waals surface area contributed by atoms with E-state index in [2.05, 4.69) is 58.6 Å². The number of halogens is 1. The molecule has 1 heterocycles. The number of rotatable bonds is 6. The van der Waals surface area contributed by atoms with Crippen LogP contribution >= 0.6 is 24.0 Å². The van der Waals surface area contributed by atoms with Crippen LogP contribution in [0, 0.1) is 0 Å². The van der Waals surface area contributed by atoms with Gasteiger partial charge in [0.25, 0.3) is 0 Å². The van der Waals surface area contributed by atoms with Crippen LogP contribution in [0.3, 0.4) is 0 Å².